The van der Waals surface area contributed by atoms with E-state index in [0.717, 1.165) is 88.7 Å². The molecule has 0 saturated carbocycles. The average molecular weight is 769 g/mol. The molecule has 0 radical (unpaired) electrons. The molecular formula is C39H48N2O10S2. The van der Waals surface area contributed by atoms with E-state index in [1.807, 2.05) is 57.2 Å². The average Bonchev–Trinajstić information content (AvgIpc) is 3.57. The number of carbonyl (C=O) groups is 2. The van der Waals surface area contributed by atoms with Crippen molar-refractivity contribution in [2.45, 2.75) is 90.6 Å². The number of carboxylic acid groups (broad SMARTS) is 1. The molecule has 12 nitrogen and oxygen atoms in total. The van der Waals surface area contributed by atoms with E-state index in [9.17, 15) is 24.3 Å². The minimum absolute atomic E-state index is 0.152. The van der Waals surface area contributed by atoms with Crippen molar-refractivity contribution >= 4 is 34.6 Å². The number of benzene rings is 2. The van der Waals surface area contributed by atoms with Gasteiger partial charge in [-0.25, -0.2) is 9.59 Å². The molecule has 2 unspecified atom stereocenters. The highest BCUT2D eigenvalue weighted by atomic mass is 32.1. The number of methoxy groups -OCH3 is 1. The second-order valence-corrected chi connectivity index (χ2v) is 16.9. The Balaban J connectivity index is 0.000000204. The van der Waals surface area contributed by atoms with Crippen molar-refractivity contribution < 1.29 is 38.4 Å². The van der Waals surface area contributed by atoms with Crippen LogP contribution >= 0.6 is 22.7 Å². The van der Waals surface area contributed by atoms with Gasteiger partial charge in [0.15, 0.2) is 12.2 Å². The number of nitrogens with zero attached hydrogens (tertiary/aromatic N) is 2. The minimum atomic E-state index is -1.20. The number of carboxylic acids is 1. The number of aromatic nitrogens is 2. The van der Waals surface area contributed by atoms with Crippen LogP contribution in [0.5, 0.6) is 11.5 Å². The molecule has 2 aromatic carbocycles. The first-order valence-corrected chi connectivity index (χ1v) is 19.1. The summed E-state index contributed by atoms with van der Waals surface area (Å²) in [6, 6.07) is 11.6. The Bertz CT molecular complexity index is 2090. The number of ether oxygens (including phenoxy) is 5. The fraction of sp³-hybridized carbons (Fsp3) is 0.487. The minimum Gasteiger partial charge on any atom is -0.493 e. The van der Waals surface area contributed by atoms with Gasteiger partial charge in [0.2, 0.25) is 0 Å². The molecule has 0 spiro atoms. The van der Waals surface area contributed by atoms with E-state index < -0.39 is 35.3 Å². The quantitative estimate of drug-likeness (QED) is 0.189. The summed E-state index contributed by atoms with van der Waals surface area (Å²) < 4.78 is 31.1. The van der Waals surface area contributed by atoms with E-state index in [1.54, 1.807) is 39.4 Å². The highest BCUT2D eigenvalue weighted by Gasteiger charge is 2.35. The lowest BCUT2D eigenvalue weighted by Crippen LogP contribution is -2.28. The lowest BCUT2D eigenvalue weighted by Gasteiger charge is -2.26. The van der Waals surface area contributed by atoms with Crippen LogP contribution in [0.4, 0.5) is 0 Å². The third kappa shape index (κ3) is 9.29. The van der Waals surface area contributed by atoms with Gasteiger partial charge in [-0.3, -0.25) is 9.59 Å². The lowest BCUT2D eigenvalue weighted by molar-refractivity contribution is -0.164. The van der Waals surface area contributed by atoms with E-state index in [2.05, 4.69) is 0 Å². The van der Waals surface area contributed by atoms with Gasteiger partial charge in [0.25, 0.3) is 0 Å². The molecule has 4 heterocycles. The molecule has 14 heteroatoms. The van der Waals surface area contributed by atoms with Crippen molar-refractivity contribution in [1.29, 1.82) is 0 Å². The Morgan fingerprint density at radius 2 is 1.15 bits per heavy atom. The molecule has 53 heavy (non-hydrogen) atoms. The van der Waals surface area contributed by atoms with Crippen molar-refractivity contribution in [3.05, 3.63) is 76.6 Å². The van der Waals surface area contributed by atoms with Crippen molar-refractivity contribution in [2.75, 3.05) is 20.3 Å². The molecule has 2 aliphatic heterocycles. The fourth-order valence-corrected chi connectivity index (χ4v) is 8.26. The van der Waals surface area contributed by atoms with Gasteiger partial charge >= 0.3 is 21.7 Å². The number of carbonyl (C=O) groups excluding carboxylic acids is 1. The van der Waals surface area contributed by atoms with E-state index >= 15 is 0 Å². The van der Waals surface area contributed by atoms with E-state index in [0.29, 0.717) is 27.7 Å². The third-order valence-electron chi connectivity index (χ3n) is 8.50. The van der Waals surface area contributed by atoms with Gasteiger partial charge in [-0.05, 0) is 115 Å². The van der Waals surface area contributed by atoms with Crippen molar-refractivity contribution in [3.63, 3.8) is 0 Å². The molecule has 1 N–H and O–H groups in total. The normalized spacial score (nSPS) is 15.1. The standard InChI is InChI=1S/C20H25NO5S.C19H23NO5S/c1-20(2,3)26-16(18(22)24-5)17-15(21(4)19(23)27-17)13-8-9-14-12(11-13)7-6-10-25-14;1-19(2,3)25-15(17(21)22)16-14(20(4)18(23)26-16)12-7-8-13-11(10-12)6-5-9-24-13/h8-9,11,16H,6-7,10H2,1-5H3;7-8,10,15H,5-6,9H2,1-4H3,(H,21,22). The number of aryl methyl sites for hydroxylation is 2. The molecule has 0 bridgehead atoms. The van der Waals surface area contributed by atoms with Crippen LogP contribution in [0.3, 0.4) is 0 Å². The molecule has 2 atom stereocenters. The van der Waals surface area contributed by atoms with Crippen LogP contribution < -0.4 is 19.2 Å². The summed E-state index contributed by atoms with van der Waals surface area (Å²) in [6.45, 7) is 12.4. The molecule has 286 valence electrons. The van der Waals surface area contributed by atoms with Crippen LogP contribution in [0.25, 0.3) is 22.5 Å². The SMILES string of the molecule is COC(=O)C(OC(C)(C)C)c1sc(=O)n(C)c1-c1ccc2c(c1)CCCO2.Cn1c(-c2ccc3c(c2)CCCO3)c(C(OC(C)(C)C)C(=O)O)sc1=O. The number of hydrogen-bond acceptors (Lipinski definition) is 11. The van der Waals surface area contributed by atoms with Gasteiger partial charge in [0, 0.05) is 25.2 Å². The maximum absolute atomic E-state index is 12.5. The number of esters is 1. The lowest BCUT2D eigenvalue weighted by atomic mass is 10.00. The summed E-state index contributed by atoms with van der Waals surface area (Å²) in [5, 5.41) is 9.70. The van der Waals surface area contributed by atoms with Crippen molar-refractivity contribution in [3.8, 4) is 34.0 Å². The monoisotopic (exact) mass is 768 g/mol. The number of aliphatic carboxylic acids is 1. The molecule has 0 fully saturated rings. The van der Waals surface area contributed by atoms with Crippen molar-refractivity contribution in [2.24, 2.45) is 14.1 Å². The van der Waals surface area contributed by atoms with Crippen LogP contribution in [-0.2, 0) is 50.7 Å². The number of rotatable bonds is 8. The fourth-order valence-electron chi connectivity index (χ4n) is 6.22. The summed E-state index contributed by atoms with van der Waals surface area (Å²) in [5.41, 5.74) is 3.87. The molecule has 0 saturated heterocycles. The van der Waals surface area contributed by atoms with Gasteiger partial charge in [-0.15, -0.1) is 0 Å². The van der Waals surface area contributed by atoms with Crippen LogP contribution in [-0.4, -0.2) is 57.7 Å². The first-order valence-electron chi connectivity index (χ1n) is 17.5. The predicted molar refractivity (Wildman–Crippen MR) is 204 cm³/mol. The second-order valence-electron chi connectivity index (χ2n) is 14.9. The molecule has 4 aromatic rings. The smallest absolute Gasteiger partial charge is 0.340 e. The van der Waals surface area contributed by atoms with Gasteiger partial charge in [-0.1, -0.05) is 22.7 Å². The second kappa shape index (κ2) is 16.0. The van der Waals surface area contributed by atoms with Gasteiger partial charge in [0.1, 0.15) is 11.5 Å². The van der Waals surface area contributed by atoms with Crippen LogP contribution in [0.1, 0.15) is 87.5 Å². The summed E-state index contributed by atoms with van der Waals surface area (Å²) in [4.78, 5) is 49.7. The summed E-state index contributed by atoms with van der Waals surface area (Å²) >= 11 is 1.94. The van der Waals surface area contributed by atoms with Gasteiger partial charge < -0.3 is 37.9 Å². The molecule has 2 aliphatic rings. The maximum atomic E-state index is 12.5. The highest BCUT2D eigenvalue weighted by molar-refractivity contribution is 7.10. The Hall–Kier alpha value is -4.24. The first kappa shape index (κ1) is 40.0. The first-order chi connectivity index (χ1) is 24.9. The van der Waals surface area contributed by atoms with Gasteiger partial charge in [0.05, 0.1) is 52.7 Å². The molecule has 6 rings (SSSR count). The largest absolute Gasteiger partial charge is 0.493 e. The predicted octanol–water partition coefficient (Wildman–Crippen LogP) is 6.85. The topological polar surface area (TPSA) is 145 Å². The van der Waals surface area contributed by atoms with Crippen molar-refractivity contribution in [1.82, 2.24) is 9.13 Å². The van der Waals surface area contributed by atoms with Crippen LogP contribution in [0.2, 0.25) is 0 Å². The van der Waals surface area contributed by atoms with Crippen LogP contribution in [0.15, 0.2) is 46.0 Å². The number of fused-ring (bicyclic) bond motifs is 2. The zero-order chi connectivity index (χ0) is 38.8. The van der Waals surface area contributed by atoms with E-state index in [-0.39, 0.29) is 9.75 Å². The maximum Gasteiger partial charge on any atom is 0.340 e. The highest BCUT2D eigenvalue weighted by Crippen LogP contribution is 2.39. The third-order valence-corrected chi connectivity index (χ3v) is 10.7. The zero-order valence-corrected chi connectivity index (χ0v) is 33.3. The Kier molecular flexibility index (Phi) is 12.1. The summed E-state index contributed by atoms with van der Waals surface area (Å²) in [6.07, 6.45) is 1.57. The Morgan fingerprint density at radius 3 is 1.55 bits per heavy atom. The number of hydrogen-bond donors (Lipinski definition) is 1. The Labute approximate surface area is 316 Å². The number of thiazole rings is 2. The van der Waals surface area contributed by atoms with Crippen LogP contribution in [0, 0.1) is 0 Å². The molecule has 0 amide bonds. The van der Waals surface area contributed by atoms with E-state index in [4.69, 9.17) is 23.7 Å². The Morgan fingerprint density at radius 1 is 0.736 bits per heavy atom. The summed E-state index contributed by atoms with van der Waals surface area (Å²) in [5.74, 6) is 0.100. The zero-order valence-electron chi connectivity index (χ0n) is 31.7. The molecule has 2 aromatic heterocycles. The van der Waals surface area contributed by atoms with Gasteiger partial charge in [-0.2, -0.15) is 0 Å². The van der Waals surface area contributed by atoms with E-state index in [1.165, 1.54) is 11.7 Å². The molecular weight excluding hydrogens is 721 g/mol. The summed E-state index contributed by atoms with van der Waals surface area (Å²) in [7, 11) is 4.69. The molecule has 0 aliphatic carbocycles.